The van der Waals surface area contributed by atoms with Crippen LogP contribution in [-0.4, -0.2) is 17.0 Å². The predicted octanol–water partition coefficient (Wildman–Crippen LogP) is -2.27. The van der Waals surface area contributed by atoms with Crippen molar-refractivity contribution >= 4 is 11.9 Å². The maximum Gasteiger partial charge on any atom is 0.300 e. The summed E-state index contributed by atoms with van der Waals surface area (Å²) in [4.78, 5) is 9.00. The Bertz CT molecular complexity index is 118. The van der Waals surface area contributed by atoms with Crippen LogP contribution in [0.3, 0.4) is 0 Å². The molecule has 0 fully saturated rings. The molecule has 0 aliphatic heterocycles. The summed E-state index contributed by atoms with van der Waals surface area (Å²) in [7, 11) is 0. The van der Waals surface area contributed by atoms with E-state index in [0.29, 0.717) is 0 Å². The first kappa shape index (κ1) is 11.3. The number of rotatable bonds is 0. The van der Waals surface area contributed by atoms with Crippen molar-refractivity contribution in [1.82, 2.24) is 5.43 Å². The zero-order valence-corrected chi connectivity index (χ0v) is 5.53. The van der Waals surface area contributed by atoms with Crippen LogP contribution in [0.5, 0.6) is 0 Å². The fourth-order valence-corrected chi connectivity index (χ4v) is 0.0373. The Morgan fingerprint density at radius 1 is 1.70 bits per heavy atom. The number of nitrogens with two attached hydrogens (primary N) is 3. The largest absolute Gasteiger partial charge is 0.481 e. The second kappa shape index (κ2) is 7.50. The highest BCUT2D eigenvalue weighted by Gasteiger charge is 1.73. The van der Waals surface area contributed by atoms with Crippen molar-refractivity contribution in [1.29, 1.82) is 0 Å². The molecule has 10 heavy (non-hydrogen) atoms. The van der Waals surface area contributed by atoms with E-state index in [0.717, 1.165) is 6.92 Å². The summed E-state index contributed by atoms with van der Waals surface area (Å²) in [6.45, 7) is 1.08. The number of guanidine groups is 1. The second-order valence-corrected chi connectivity index (χ2v) is 1.18. The van der Waals surface area contributed by atoms with E-state index in [2.05, 4.69) is 10.9 Å². The third-order valence-corrected chi connectivity index (χ3v) is 0.287. The minimum absolute atomic E-state index is 0.0231. The van der Waals surface area contributed by atoms with Crippen molar-refractivity contribution in [2.24, 2.45) is 22.5 Å². The summed E-state index contributed by atoms with van der Waals surface area (Å²) in [5.41, 5.74) is 6.88. The second-order valence-electron chi connectivity index (χ2n) is 1.18. The number of aliphatic carboxylic acids is 1. The van der Waals surface area contributed by atoms with Gasteiger partial charge in [0, 0.05) is 6.92 Å². The molecule has 60 valence electrons. The summed E-state index contributed by atoms with van der Waals surface area (Å²) in [6, 6.07) is 0. The number of nitrogens with one attached hydrogen (secondary N) is 1. The van der Waals surface area contributed by atoms with Crippen LogP contribution in [0.15, 0.2) is 5.10 Å². The number of carbonyl (C=O) groups is 1. The molecule has 0 bridgehead atoms. The molecule has 0 saturated carbocycles. The molecule has 0 saturated heterocycles. The number of hydrazone groups is 1. The van der Waals surface area contributed by atoms with E-state index < -0.39 is 5.97 Å². The van der Waals surface area contributed by atoms with Crippen molar-refractivity contribution in [2.75, 3.05) is 0 Å². The van der Waals surface area contributed by atoms with Crippen molar-refractivity contribution in [3.63, 3.8) is 0 Å². The van der Waals surface area contributed by atoms with E-state index in [-0.39, 0.29) is 5.96 Å². The molecule has 0 aromatic rings. The highest BCUT2D eigenvalue weighted by Crippen LogP contribution is 1.42. The maximum atomic E-state index is 9.00. The van der Waals surface area contributed by atoms with E-state index in [1.165, 1.54) is 0 Å². The highest BCUT2D eigenvalue weighted by atomic mass is 16.4. The van der Waals surface area contributed by atoms with Crippen LogP contribution in [0.25, 0.3) is 0 Å². The van der Waals surface area contributed by atoms with E-state index >= 15 is 0 Å². The van der Waals surface area contributed by atoms with Gasteiger partial charge in [-0.2, -0.15) is 0 Å². The molecule has 0 aliphatic carbocycles. The van der Waals surface area contributed by atoms with Crippen molar-refractivity contribution in [3.8, 4) is 0 Å². The van der Waals surface area contributed by atoms with E-state index in [4.69, 9.17) is 21.5 Å². The zero-order chi connectivity index (χ0) is 8.57. The Hall–Kier alpha value is -1.50. The lowest BCUT2D eigenvalue weighted by atomic mass is 10.9. The summed E-state index contributed by atoms with van der Waals surface area (Å²) in [5, 5.41) is 10.4. The number of nitrogens with zero attached hydrogens (tertiary/aromatic N) is 1. The molecule has 0 aliphatic rings. The van der Waals surface area contributed by atoms with Gasteiger partial charge in [0.2, 0.25) is 5.96 Å². The standard InChI is InChI=1S/C2H4O2.CH7N5/c1-2(3)4;2-1(5-3)6-4/h1H3,(H,3,4);3-4H2,(H3,2,5,6). The van der Waals surface area contributed by atoms with Crippen LogP contribution in [0.2, 0.25) is 0 Å². The molecule has 8 N–H and O–H groups in total. The molecule has 0 heterocycles. The van der Waals surface area contributed by atoms with E-state index in [9.17, 15) is 0 Å². The molecule has 7 heteroatoms. The molecule has 0 atom stereocenters. The number of hydrazine groups is 1. The Morgan fingerprint density at radius 2 is 2.00 bits per heavy atom. The molecule has 0 spiro atoms. The van der Waals surface area contributed by atoms with Gasteiger partial charge in [0.25, 0.3) is 5.97 Å². The van der Waals surface area contributed by atoms with Gasteiger partial charge >= 0.3 is 0 Å². The third kappa shape index (κ3) is 31.5. The Balaban J connectivity index is 0. The Labute approximate surface area is 57.8 Å². The minimum Gasteiger partial charge on any atom is -0.481 e. The molecule has 0 aromatic heterocycles. The molecule has 7 nitrogen and oxygen atoms in total. The zero-order valence-electron chi connectivity index (χ0n) is 5.53. The van der Waals surface area contributed by atoms with Gasteiger partial charge in [-0.15, -0.1) is 5.10 Å². The Kier molecular flexibility index (Phi) is 8.49. The van der Waals surface area contributed by atoms with Crippen molar-refractivity contribution in [2.45, 2.75) is 6.92 Å². The quantitative estimate of drug-likeness (QED) is 0.114. The molecule has 0 rings (SSSR count). The van der Waals surface area contributed by atoms with E-state index in [1.54, 1.807) is 0 Å². The topological polar surface area (TPSA) is 140 Å². The van der Waals surface area contributed by atoms with Crippen molar-refractivity contribution < 1.29 is 9.90 Å². The third-order valence-electron chi connectivity index (χ3n) is 0.287. The van der Waals surface area contributed by atoms with Gasteiger partial charge in [0.05, 0.1) is 0 Å². The summed E-state index contributed by atoms with van der Waals surface area (Å²) in [5.74, 6) is 8.49. The molecule has 0 amide bonds. The lowest BCUT2D eigenvalue weighted by molar-refractivity contribution is -0.134. The summed E-state index contributed by atoms with van der Waals surface area (Å²) < 4.78 is 0. The summed E-state index contributed by atoms with van der Waals surface area (Å²) >= 11 is 0. The fraction of sp³-hybridized carbons (Fsp3) is 0.333. The number of hydrogen-bond acceptors (Lipinski definition) is 4. The smallest absolute Gasteiger partial charge is 0.300 e. The van der Waals surface area contributed by atoms with Crippen LogP contribution in [0.1, 0.15) is 6.92 Å². The predicted molar refractivity (Wildman–Crippen MR) is 36.4 cm³/mol. The van der Waals surface area contributed by atoms with Gasteiger partial charge < -0.3 is 16.7 Å². The van der Waals surface area contributed by atoms with E-state index in [1.807, 2.05) is 5.43 Å². The van der Waals surface area contributed by atoms with Gasteiger partial charge in [0.15, 0.2) is 0 Å². The Morgan fingerprint density at radius 3 is 2.00 bits per heavy atom. The summed E-state index contributed by atoms with van der Waals surface area (Å²) in [6.07, 6.45) is 0. The monoisotopic (exact) mass is 149 g/mol. The molecule has 0 unspecified atom stereocenters. The number of carboxylic acids is 1. The van der Waals surface area contributed by atoms with Crippen LogP contribution < -0.4 is 22.8 Å². The lowest BCUT2D eigenvalue weighted by Crippen LogP contribution is -2.37. The SMILES string of the molecule is CC(=O)O.NN=C(N)NN. The highest BCUT2D eigenvalue weighted by molar-refractivity contribution is 5.76. The lowest BCUT2D eigenvalue weighted by Gasteiger charge is -1.89. The van der Waals surface area contributed by atoms with Gasteiger partial charge in [-0.3, -0.25) is 10.2 Å². The first-order valence-corrected chi connectivity index (χ1v) is 2.24. The van der Waals surface area contributed by atoms with Gasteiger partial charge in [0.1, 0.15) is 0 Å². The van der Waals surface area contributed by atoms with Crippen molar-refractivity contribution in [3.05, 3.63) is 0 Å². The number of carboxylic acid groups (broad SMARTS) is 1. The minimum atomic E-state index is -0.833. The van der Waals surface area contributed by atoms with Gasteiger partial charge in [-0.05, 0) is 0 Å². The van der Waals surface area contributed by atoms with Crippen LogP contribution in [0, 0.1) is 0 Å². The number of hydrogen-bond donors (Lipinski definition) is 5. The first-order chi connectivity index (χ1) is 4.54. The van der Waals surface area contributed by atoms with Crippen LogP contribution in [-0.2, 0) is 4.79 Å². The normalized spacial score (nSPS) is 9.20. The average Bonchev–Trinajstić information content (AvgIpc) is 1.85. The van der Waals surface area contributed by atoms with Gasteiger partial charge in [-0.25, -0.2) is 5.84 Å². The molecular formula is C3H11N5O2. The molecule has 0 aromatic carbocycles. The van der Waals surface area contributed by atoms with Gasteiger partial charge in [-0.1, -0.05) is 0 Å². The fourth-order valence-electron chi connectivity index (χ4n) is 0.0373. The average molecular weight is 149 g/mol. The molecule has 0 radical (unpaired) electrons. The first-order valence-electron chi connectivity index (χ1n) is 2.24. The maximum absolute atomic E-state index is 9.00. The molecular weight excluding hydrogens is 138 g/mol. The van der Waals surface area contributed by atoms with Crippen LogP contribution in [0.4, 0.5) is 0 Å². The van der Waals surface area contributed by atoms with Crippen LogP contribution >= 0.6 is 0 Å².